The van der Waals surface area contributed by atoms with E-state index in [9.17, 15) is 9.59 Å². The monoisotopic (exact) mass is 348 g/mol. The molecule has 0 radical (unpaired) electrons. The van der Waals surface area contributed by atoms with Crippen LogP contribution in [-0.4, -0.2) is 35.0 Å². The summed E-state index contributed by atoms with van der Waals surface area (Å²) in [6.07, 6.45) is 1.57. The zero-order valence-corrected chi connectivity index (χ0v) is 13.8. The molecule has 0 bridgehead atoms. The summed E-state index contributed by atoms with van der Waals surface area (Å²) in [6.45, 7) is 2.42. The molecule has 1 aromatic carbocycles. The fourth-order valence-electron chi connectivity index (χ4n) is 1.90. The van der Waals surface area contributed by atoms with Crippen LogP contribution in [0.2, 0.25) is 5.15 Å². The maximum Gasteiger partial charge on any atom is 0.338 e. The van der Waals surface area contributed by atoms with Crippen molar-refractivity contribution in [2.75, 3.05) is 23.8 Å². The number of carbonyl (C=O) groups excluding carboxylic acids is 2. The Morgan fingerprint density at radius 2 is 2.08 bits per heavy atom. The number of anilines is 2. The first kappa shape index (κ1) is 17.7. The van der Waals surface area contributed by atoms with Gasteiger partial charge in [0.05, 0.1) is 12.2 Å². The van der Waals surface area contributed by atoms with E-state index in [1.807, 2.05) is 0 Å². The molecular weight excluding hydrogens is 332 g/mol. The molecule has 1 heterocycles. The topological polar surface area (TPSA) is 93.2 Å². The number of rotatable bonds is 7. The minimum absolute atomic E-state index is 0.191. The lowest BCUT2D eigenvalue weighted by Gasteiger charge is -2.08. The molecular formula is C16H17ClN4O3. The van der Waals surface area contributed by atoms with Crippen LogP contribution in [0.1, 0.15) is 23.7 Å². The largest absolute Gasteiger partial charge is 0.462 e. The van der Waals surface area contributed by atoms with Gasteiger partial charge in [-0.2, -0.15) is 0 Å². The molecule has 1 aromatic heterocycles. The van der Waals surface area contributed by atoms with Gasteiger partial charge < -0.3 is 15.4 Å². The molecule has 8 heteroatoms. The summed E-state index contributed by atoms with van der Waals surface area (Å²) >= 11 is 5.75. The lowest BCUT2D eigenvalue weighted by molar-refractivity contribution is -0.115. The van der Waals surface area contributed by atoms with Crippen LogP contribution in [0.5, 0.6) is 0 Å². The Bertz CT molecular complexity index is 724. The van der Waals surface area contributed by atoms with Gasteiger partial charge in [0.15, 0.2) is 0 Å². The molecule has 0 saturated heterocycles. The molecule has 7 nitrogen and oxygen atoms in total. The number of esters is 1. The van der Waals surface area contributed by atoms with E-state index in [4.69, 9.17) is 16.3 Å². The molecule has 0 saturated carbocycles. The number of aromatic nitrogens is 2. The standard InChI is InChI=1S/C16H17ClN4O3/c1-2-24-16(23)11-4-3-5-12(8-11)21-15(22)6-7-18-14-9-13(17)19-10-20-14/h3-5,8-10H,2,6-7H2,1H3,(H,21,22)(H,18,19,20). The molecule has 2 aromatic rings. The first-order valence-electron chi connectivity index (χ1n) is 7.37. The van der Waals surface area contributed by atoms with Crippen LogP contribution >= 0.6 is 11.6 Å². The van der Waals surface area contributed by atoms with Gasteiger partial charge in [-0.15, -0.1) is 0 Å². The molecule has 0 atom stereocenters. The predicted octanol–water partition coefficient (Wildman–Crippen LogP) is 2.75. The lowest BCUT2D eigenvalue weighted by Crippen LogP contribution is -2.17. The molecule has 1 amide bonds. The van der Waals surface area contributed by atoms with Gasteiger partial charge in [0.2, 0.25) is 5.91 Å². The van der Waals surface area contributed by atoms with E-state index in [0.29, 0.717) is 35.4 Å². The van der Waals surface area contributed by atoms with Gasteiger partial charge in [0, 0.05) is 24.7 Å². The minimum atomic E-state index is -0.420. The van der Waals surface area contributed by atoms with Crippen molar-refractivity contribution in [2.24, 2.45) is 0 Å². The van der Waals surface area contributed by atoms with Gasteiger partial charge in [-0.05, 0) is 25.1 Å². The van der Waals surface area contributed by atoms with Crippen molar-refractivity contribution in [3.8, 4) is 0 Å². The molecule has 24 heavy (non-hydrogen) atoms. The van der Waals surface area contributed by atoms with Crippen molar-refractivity contribution in [3.05, 3.63) is 47.4 Å². The van der Waals surface area contributed by atoms with Crippen LogP contribution in [0.15, 0.2) is 36.7 Å². The van der Waals surface area contributed by atoms with Crippen molar-refractivity contribution in [1.29, 1.82) is 0 Å². The van der Waals surface area contributed by atoms with E-state index in [-0.39, 0.29) is 12.3 Å². The third-order valence-corrected chi connectivity index (χ3v) is 3.16. The number of hydrogen-bond acceptors (Lipinski definition) is 6. The Balaban J connectivity index is 1.84. The summed E-state index contributed by atoms with van der Waals surface area (Å²) in [7, 11) is 0. The fraction of sp³-hybridized carbons (Fsp3) is 0.250. The number of ether oxygens (including phenoxy) is 1. The summed E-state index contributed by atoms with van der Waals surface area (Å²) in [5.41, 5.74) is 0.930. The van der Waals surface area contributed by atoms with Crippen LogP contribution in [0.3, 0.4) is 0 Å². The van der Waals surface area contributed by atoms with E-state index < -0.39 is 5.97 Å². The van der Waals surface area contributed by atoms with Gasteiger partial charge in [-0.25, -0.2) is 14.8 Å². The average molecular weight is 349 g/mol. The predicted molar refractivity (Wildman–Crippen MR) is 91.2 cm³/mol. The van der Waals surface area contributed by atoms with Gasteiger partial charge in [0.1, 0.15) is 17.3 Å². The van der Waals surface area contributed by atoms with E-state index >= 15 is 0 Å². The second kappa shape index (κ2) is 8.83. The number of benzene rings is 1. The van der Waals surface area contributed by atoms with Crippen molar-refractivity contribution >= 4 is 35.0 Å². The van der Waals surface area contributed by atoms with Crippen LogP contribution in [0.4, 0.5) is 11.5 Å². The Morgan fingerprint density at radius 1 is 1.25 bits per heavy atom. The number of amides is 1. The maximum absolute atomic E-state index is 12.0. The average Bonchev–Trinajstić information content (AvgIpc) is 2.55. The quantitative estimate of drug-likeness (QED) is 0.590. The highest BCUT2D eigenvalue weighted by Gasteiger charge is 2.08. The van der Waals surface area contributed by atoms with Gasteiger partial charge in [-0.1, -0.05) is 17.7 Å². The third kappa shape index (κ3) is 5.51. The van der Waals surface area contributed by atoms with Crippen molar-refractivity contribution in [1.82, 2.24) is 9.97 Å². The number of halogens is 1. The van der Waals surface area contributed by atoms with Crippen molar-refractivity contribution in [2.45, 2.75) is 13.3 Å². The van der Waals surface area contributed by atoms with Crippen LogP contribution in [0, 0.1) is 0 Å². The smallest absolute Gasteiger partial charge is 0.338 e. The number of carbonyl (C=O) groups is 2. The summed E-state index contributed by atoms with van der Waals surface area (Å²) in [4.78, 5) is 31.4. The highest BCUT2D eigenvalue weighted by atomic mass is 35.5. The first-order valence-corrected chi connectivity index (χ1v) is 7.74. The normalized spacial score (nSPS) is 10.1. The first-order chi connectivity index (χ1) is 11.6. The molecule has 0 aliphatic carbocycles. The van der Waals surface area contributed by atoms with E-state index in [1.165, 1.54) is 6.33 Å². The molecule has 2 rings (SSSR count). The second-order valence-corrected chi connectivity index (χ2v) is 5.14. The Morgan fingerprint density at radius 3 is 2.83 bits per heavy atom. The number of hydrogen-bond donors (Lipinski definition) is 2. The highest BCUT2D eigenvalue weighted by molar-refractivity contribution is 6.29. The summed E-state index contributed by atoms with van der Waals surface area (Å²) in [5.74, 6) is -0.0633. The van der Waals surface area contributed by atoms with E-state index in [2.05, 4.69) is 20.6 Å². The van der Waals surface area contributed by atoms with Gasteiger partial charge >= 0.3 is 5.97 Å². The number of nitrogens with one attached hydrogen (secondary N) is 2. The fourth-order valence-corrected chi connectivity index (χ4v) is 2.04. The molecule has 2 N–H and O–H groups in total. The lowest BCUT2D eigenvalue weighted by atomic mass is 10.2. The molecule has 0 spiro atoms. The number of nitrogens with zero attached hydrogens (tertiary/aromatic N) is 2. The Hall–Kier alpha value is -2.67. The molecule has 0 aliphatic rings. The van der Waals surface area contributed by atoms with Gasteiger partial charge in [0.25, 0.3) is 0 Å². The highest BCUT2D eigenvalue weighted by Crippen LogP contribution is 2.12. The Kier molecular flexibility index (Phi) is 6.51. The van der Waals surface area contributed by atoms with E-state index in [0.717, 1.165) is 0 Å². The third-order valence-electron chi connectivity index (χ3n) is 2.95. The van der Waals surface area contributed by atoms with Crippen LogP contribution in [0.25, 0.3) is 0 Å². The SMILES string of the molecule is CCOC(=O)c1cccc(NC(=O)CCNc2cc(Cl)ncn2)c1. The van der Waals surface area contributed by atoms with Gasteiger partial charge in [-0.3, -0.25) is 4.79 Å². The summed E-state index contributed by atoms with van der Waals surface area (Å²) in [5, 5.41) is 6.04. The Labute approximate surface area is 144 Å². The zero-order chi connectivity index (χ0) is 17.4. The van der Waals surface area contributed by atoms with Crippen molar-refractivity contribution in [3.63, 3.8) is 0 Å². The maximum atomic E-state index is 12.0. The molecule has 0 fully saturated rings. The van der Waals surface area contributed by atoms with E-state index in [1.54, 1.807) is 37.3 Å². The minimum Gasteiger partial charge on any atom is -0.462 e. The van der Waals surface area contributed by atoms with Crippen LogP contribution < -0.4 is 10.6 Å². The van der Waals surface area contributed by atoms with Crippen LogP contribution in [-0.2, 0) is 9.53 Å². The molecule has 0 aliphatic heterocycles. The van der Waals surface area contributed by atoms with Crippen molar-refractivity contribution < 1.29 is 14.3 Å². The summed E-state index contributed by atoms with van der Waals surface area (Å²) in [6, 6.07) is 8.17. The molecule has 126 valence electrons. The zero-order valence-electron chi connectivity index (χ0n) is 13.1. The molecule has 0 unspecified atom stereocenters. The summed E-state index contributed by atoms with van der Waals surface area (Å²) < 4.78 is 4.93. The second-order valence-electron chi connectivity index (χ2n) is 4.75.